The number of aromatic nitrogens is 1. The molecule has 1 aromatic heterocycles. The van der Waals surface area contributed by atoms with Crippen LogP contribution >= 0.6 is 0 Å². The number of rotatable bonds is 5. The highest BCUT2D eigenvalue weighted by molar-refractivity contribution is 6.09. The molecule has 0 saturated carbocycles. The Morgan fingerprint density at radius 3 is 1.63 bits per heavy atom. The fraction of sp³-hybridized carbons (Fsp3) is 0. The number of hydrogen-bond donors (Lipinski definition) is 1. The van der Waals surface area contributed by atoms with Gasteiger partial charge in [-0.1, -0.05) is 103 Å². The third kappa shape index (κ3) is 3.93. The van der Waals surface area contributed by atoms with E-state index in [0.717, 1.165) is 17.1 Å². The SMILES string of the molecule is c1ccc(Nc2ccc(-c3ccccc3-c3cccc(-n4c5ccccc5c5ccccc54)c3)cc2)cc1. The molecule has 0 unspecified atom stereocenters. The lowest BCUT2D eigenvalue weighted by Crippen LogP contribution is -1.94. The van der Waals surface area contributed by atoms with Gasteiger partial charge >= 0.3 is 0 Å². The van der Waals surface area contributed by atoms with E-state index in [1.165, 1.54) is 44.1 Å². The van der Waals surface area contributed by atoms with Gasteiger partial charge in [0.15, 0.2) is 0 Å². The highest BCUT2D eigenvalue weighted by Gasteiger charge is 2.13. The summed E-state index contributed by atoms with van der Waals surface area (Å²) in [6.07, 6.45) is 0. The summed E-state index contributed by atoms with van der Waals surface area (Å²) in [5.41, 5.74) is 10.6. The summed E-state index contributed by atoms with van der Waals surface area (Å²) in [6.45, 7) is 0. The van der Waals surface area contributed by atoms with Crippen molar-refractivity contribution in [3.8, 4) is 27.9 Å². The molecule has 0 atom stereocenters. The Labute approximate surface area is 222 Å². The lowest BCUT2D eigenvalue weighted by atomic mass is 9.94. The molecule has 0 spiro atoms. The van der Waals surface area contributed by atoms with Crippen molar-refractivity contribution in [2.75, 3.05) is 5.32 Å². The largest absolute Gasteiger partial charge is 0.356 e. The summed E-state index contributed by atoms with van der Waals surface area (Å²) in [5.74, 6) is 0. The van der Waals surface area contributed by atoms with Crippen LogP contribution in [-0.2, 0) is 0 Å². The van der Waals surface area contributed by atoms with Crippen LogP contribution in [0.25, 0.3) is 49.7 Å². The van der Waals surface area contributed by atoms with Gasteiger partial charge < -0.3 is 9.88 Å². The highest BCUT2D eigenvalue weighted by Crippen LogP contribution is 2.36. The molecule has 0 aliphatic rings. The molecule has 0 fully saturated rings. The maximum atomic E-state index is 3.48. The molecule has 38 heavy (non-hydrogen) atoms. The number of nitrogens with one attached hydrogen (secondary N) is 1. The Hall–Kier alpha value is -5.08. The van der Waals surface area contributed by atoms with Gasteiger partial charge in [-0.05, 0) is 70.8 Å². The second-order valence-electron chi connectivity index (χ2n) is 9.53. The molecular formula is C36H26N2. The van der Waals surface area contributed by atoms with Gasteiger partial charge in [0.25, 0.3) is 0 Å². The van der Waals surface area contributed by atoms with Gasteiger partial charge in [0.1, 0.15) is 0 Å². The van der Waals surface area contributed by atoms with E-state index >= 15 is 0 Å². The monoisotopic (exact) mass is 486 g/mol. The fourth-order valence-electron chi connectivity index (χ4n) is 5.42. The van der Waals surface area contributed by atoms with Crippen molar-refractivity contribution in [2.24, 2.45) is 0 Å². The molecule has 0 aliphatic carbocycles. The van der Waals surface area contributed by atoms with Gasteiger partial charge in [0, 0.05) is 27.8 Å². The van der Waals surface area contributed by atoms with Crippen molar-refractivity contribution in [1.29, 1.82) is 0 Å². The molecule has 0 aliphatic heterocycles. The minimum Gasteiger partial charge on any atom is -0.356 e. The zero-order chi connectivity index (χ0) is 25.3. The molecule has 0 saturated heterocycles. The second-order valence-corrected chi connectivity index (χ2v) is 9.53. The Bertz CT molecular complexity index is 1830. The molecule has 2 heteroatoms. The summed E-state index contributed by atoms with van der Waals surface area (Å²) < 4.78 is 2.38. The zero-order valence-corrected chi connectivity index (χ0v) is 20.9. The average Bonchev–Trinajstić information content (AvgIpc) is 3.33. The first-order valence-corrected chi connectivity index (χ1v) is 13.0. The Balaban J connectivity index is 1.30. The summed E-state index contributed by atoms with van der Waals surface area (Å²) in [4.78, 5) is 0. The van der Waals surface area contributed by atoms with Crippen molar-refractivity contribution >= 4 is 33.2 Å². The number of benzene rings is 6. The van der Waals surface area contributed by atoms with Crippen molar-refractivity contribution in [1.82, 2.24) is 4.57 Å². The minimum atomic E-state index is 1.07. The van der Waals surface area contributed by atoms with Crippen LogP contribution in [0.2, 0.25) is 0 Å². The van der Waals surface area contributed by atoms with Gasteiger partial charge in [-0.2, -0.15) is 0 Å². The van der Waals surface area contributed by atoms with Gasteiger partial charge in [-0.3, -0.25) is 0 Å². The van der Waals surface area contributed by atoms with E-state index in [4.69, 9.17) is 0 Å². The highest BCUT2D eigenvalue weighted by atomic mass is 15.0. The number of anilines is 2. The van der Waals surface area contributed by atoms with Gasteiger partial charge in [-0.25, -0.2) is 0 Å². The topological polar surface area (TPSA) is 17.0 Å². The first-order valence-electron chi connectivity index (χ1n) is 13.0. The molecule has 1 heterocycles. The third-order valence-corrected chi connectivity index (χ3v) is 7.18. The number of fused-ring (bicyclic) bond motifs is 3. The van der Waals surface area contributed by atoms with E-state index in [-0.39, 0.29) is 0 Å². The summed E-state index contributed by atoms with van der Waals surface area (Å²) in [5, 5.41) is 6.03. The average molecular weight is 487 g/mol. The van der Waals surface area contributed by atoms with E-state index in [1.54, 1.807) is 0 Å². The summed E-state index contributed by atoms with van der Waals surface area (Å²) >= 11 is 0. The van der Waals surface area contributed by atoms with Crippen molar-refractivity contribution in [2.45, 2.75) is 0 Å². The van der Waals surface area contributed by atoms with E-state index in [0.29, 0.717) is 0 Å². The molecule has 0 radical (unpaired) electrons. The van der Waals surface area contributed by atoms with Crippen molar-refractivity contribution in [3.05, 3.63) is 152 Å². The van der Waals surface area contributed by atoms with Crippen LogP contribution in [0, 0.1) is 0 Å². The zero-order valence-electron chi connectivity index (χ0n) is 20.9. The van der Waals surface area contributed by atoms with Crippen LogP contribution in [0.1, 0.15) is 0 Å². The van der Waals surface area contributed by atoms with E-state index in [1.807, 2.05) is 18.2 Å². The molecule has 0 bridgehead atoms. The van der Waals surface area contributed by atoms with Crippen LogP contribution in [0.4, 0.5) is 11.4 Å². The maximum absolute atomic E-state index is 3.48. The molecule has 180 valence electrons. The lowest BCUT2D eigenvalue weighted by molar-refractivity contribution is 1.18. The molecular weight excluding hydrogens is 460 g/mol. The summed E-state index contributed by atoms with van der Waals surface area (Å²) in [7, 11) is 0. The van der Waals surface area contributed by atoms with Crippen LogP contribution in [0.15, 0.2) is 152 Å². The normalized spacial score (nSPS) is 11.2. The van der Waals surface area contributed by atoms with E-state index in [2.05, 4.69) is 143 Å². The summed E-state index contributed by atoms with van der Waals surface area (Å²) in [6, 6.07) is 53.8. The maximum Gasteiger partial charge on any atom is 0.0541 e. The smallest absolute Gasteiger partial charge is 0.0541 e. The quantitative estimate of drug-likeness (QED) is 0.256. The van der Waals surface area contributed by atoms with Crippen LogP contribution in [-0.4, -0.2) is 4.57 Å². The number of para-hydroxylation sites is 3. The predicted octanol–water partition coefficient (Wildman–Crippen LogP) is 9.86. The lowest BCUT2D eigenvalue weighted by Gasteiger charge is -2.14. The van der Waals surface area contributed by atoms with Crippen LogP contribution in [0.5, 0.6) is 0 Å². The molecule has 6 aromatic carbocycles. The van der Waals surface area contributed by atoms with Crippen molar-refractivity contribution < 1.29 is 0 Å². The second kappa shape index (κ2) is 9.42. The third-order valence-electron chi connectivity index (χ3n) is 7.18. The van der Waals surface area contributed by atoms with E-state index in [9.17, 15) is 0 Å². The van der Waals surface area contributed by atoms with Crippen molar-refractivity contribution in [3.63, 3.8) is 0 Å². The first-order chi connectivity index (χ1) is 18.8. The molecule has 1 N–H and O–H groups in total. The first kappa shape index (κ1) is 22.1. The van der Waals surface area contributed by atoms with Crippen LogP contribution in [0.3, 0.4) is 0 Å². The standard InChI is InChI=1S/C36H26N2/c1-2-12-28(13-3-1)37-29-23-21-26(22-24-29)31-15-4-5-16-32(31)27-11-10-14-30(25-27)38-35-19-8-6-17-33(35)34-18-7-9-20-36(34)38/h1-25,37H. The number of hydrogen-bond acceptors (Lipinski definition) is 1. The van der Waals surface area contributed by atoms with Gasteiger partial charge in [0.2, 0.25) is 0 Å². The van der Waals surface area contributed by atoms with Gasteiger partial charge in [0.05, 0.1) is 11.0 Å². The van der Waals surface area contributed by atoms with Crippen LogP contribution < -0.4 is 5.32 Å². The minimum absolute atomic E-state index is 1.07. The molecule has 7 aromatic rings. The molecule has 0 amide bonds. The molecule has 7 rings (SSSR count). The predicted molar refractivity (Wildman–Crippen MR) is 161 cm³/mol. The number of nitrogens with zero attached hydrogens (tertiary/aromatic N) is 1. The Kier molecular flexibility index (Phi) is 5.49. The Morgan fingerprint density at radius 2 is 0.947 bits per heavy atom. The van der Waals surface area contributed by atoms with Gasteiger partial charge in [-0.15, -0.1) is 0 Å². The van der Waals surface area contributed by atoms with E-state index < -0.39 is 0 Å². The fourth-order valence-corrected chi connectivity index (χ4v) is 5.42. The molecule has 2 nitrogen and oxygen atoms in total. The Morgan fingerprint density at radius 1 is 0.395 bits per heavy atom.